The molecule has 15 heavy (non-hydrogen) atoms. The Bertz CT molecular complexity index is 309. The second-order valence-corrected chi connectivity index (χ2v) is 3.25. The van der Waals surface area contributed by atoms with Gasteiger partial charge in [0.25, 0.3) is 0 Å². The van der Waals surface area contributed by atoms with Crippen molar-refractivity contribution in [3.05, 3.63) is 17.5 Å². The first-order valence-corrected chi connectivity index (χ1v) is 5.09. The van der Waals surface area contributed by atoms with Crippen LogP contribution < -0.4 is 5.32 Å². The van der Waals surface area contributed by atoms with Gasteiger partial charge in [-0.05, 0) is 13.8 Å². The summed E-state index contributed by atoms with van der Waals surface area (Å²) >= 11 is 0. The second-order valence-electron chi connectivity index (χ2n) is 3.25. The molecule has 84 valence electrons. The lowest BCUT2D eigenvalue weighted by molar-refractivity contribution is -0.142. The Balaban J connectivity index is 2.12. The largest absolute Gasteiger partial charge is 0.466 e. The summed E-state index contributed by atoms with van der Waals surface area (Å²) < 4.78 is 4.81. The predicted molar refractivity (Wildman–Crippen MR) is 56.3 cm³/mol. The van der Waals surface area contributed by atoms with Crippen LogP contribution >= 0.6 is 0 Å². The number of nitrogens with one attached hydrogen (secondary N) is 2. The van der Waals surface area contributed by atoms with Gasteiger partial charge in [0.05, 0.1) is 19.2 Å². The van der Waals surface area contributed by atoms with Crippen molar-refractivity contribution in [3.63, 3.8) is 0 Å². The lowest BCUT2D eigenvalue weighted by Gasteiger charge is -2.03. The van der Waals surface area contributed by atoms with Gasteiger partial charge in [0.15, 0.2) is 0 Å². The molecule has 0 unspecified atom stereocenters. The number of aromatic nitrogens is 2. The minimum atomic E-state index is -0.158. The van der Waals surface area contributed by atoms with Crippen LogP contribution in [0.3, 0.4) is 0 Å². The van der Waals surface area contributed by atoms with E-state index in [1.807, 2.05) is 6.92 Å². The minimum absolute atomic E-state index is 0.158. The molecule has 0 fully saturated rings. The van der Waals surface area contributed by atoms with E-state index in [2.05, 4.69) is 15.5 Å². The van der Waals surface area contributed by atoms with Gasteiger partial charge in [-0.2, -0.15) is 5.10 Å². The fourth-order valence-corrected chi connectivity index (χ4v) is 1.20. The van der Waals surface area contributed by atoms with Crippen molar-refractivity contribution in [2.24, 2.45) is 0 Å². The summed E-state index contributed by atoms with van der Waals surface area (Å²) in [5.41, 5.74) is 2.18. The van der Waals surface area contributed by atoms with E-state index in [0.717, 1.165) is 17.8 Å². The third kappa shape index (κ3) is 4.12. The van der Waals surface area contributed by atoms with Crippen molar-refractivity contribution in [3.8, 4) is 0 Å². The van der Waals surface area contributed by atoms with E-state index in [4.69, 9.17) is 4.74 Å². The van der Waals surface area contributed by atoms with Gasteiger partial charge in [-0.1, -0.05) is 0 Å². The number of hydrogen-bond acceptors (Lipinski definition) is 4. The van der Waals surface area contributed by atoms with Crippen molar-refractivity contribution in [1.82, 2.24) is 15.5 Å². The molecule has 1 aromatic heterocycles. The van der Waals surface area contributed by atoms with Crippen LogP contribution in [0.1, 0.15) is 24.6 Å². The monoisotopic (exact) mass is 211 g/mol. The van der Waals surface area contributed by atoms with Crippen molar-refractivity contribution in [1.29, 1.82) is 0 Å². The average Bonchev–Trinajstić information content (AvgIpc) is 2.60. The zero-order chi connectivity index (χ0) is 11.1. The fourth-order valence-electron chi connectivity index (χ4n) is 1.20. The van der Waals surface area contributed by atoms with Gasteiger partial charge in [-0.25, -0.2) is 0 Å². The summed E-state index contributed by atoms with van der Waals surface area (Å²) in [6.45, 7) is 5.57. The highest BCUT2D eigenvalue weighted by atomic mass is 16.5. The van der Waals surface area contributed by atoms with E-state index in [-0.39, 0.29) is 5.97 Å². The summed E-state index contributed by atoms with van der Waals surface area (Å²) in [7, 11) is 0. The number of ether oxygens (including phenoxy) is 1. The lowest BCUT2D eigenvalue weighted by Crippen LogP contribution is -2.19. The number of carbonyl (C=O) groups is 1. The van der Waals surface area contributed by atoms with Gasteiger partial charge in [0, 0.05) is 24.3 Å². The van der Waals surface area contributed by atoms with E-state index in [0.29, 0.717) is 19.6 Å². The fraction of sp³-hybridized carbons (Fsp3) is 0.600. The molecule has 0 bridgehead atoms. The van der Waals surface area contributed by atoms with Crippen LogP contribution in [-0.4, -0.2) is 29.3 Å². The number of hydrogen-bond donors (Lipinski definition) is 2. The Hall–Kier alpha value is -1.36. The van der Waals surface area contributed by atoms with Crippen LogP contribution in [-0.2, 0) is 16.1 Å². The zero-order valence-electron chi connectivity index (χ0n) is 9.17. The second kappa shape index (κ2) is 6.19. The van der Waals surface area contributed by atoms with Gasteiger partial charge < -0.3 is 10.1 Å². The van der Waals surface area contributed by atoms with Gasteiger partial charge in [0.2, 0.25) is 0 Å². The molecule has 1 rings (SSSR count). The van der Waals surface area contributed by atoms with Crippen molar-refractivity contribution in [2.75, 3.05) is 13.2 Å². The van der Waals surface area contributed by atoms with E-state index in [1.165, 1.54) is 0 Å². The predicted octanol–water partition coefficient (Wildman–Crippen LogP) is 0.761. The number of nitrogens with zero attached hydrogens (tertiary/aromatic N) is 1. The molecule has 5 nitrogen and oxygen atoms in total. The Morgan fingerprint density at radius 1 is 1.67 bits per heavy atom. The molecule has 0 spiro atoms. The van der Waals surface area contributed by atoms with E-state index in [9.17, 15) is 4.79 Å². The summed E-state index contributed by atoms with van der Waals surface area (Å²) in [6, 6.07) is 0. The van der Waals surface area contributed by atoms with E-state index >= 15 is 0 Å². The summed E-state index contributed by atoms with van der Waals surface area (Å²) in [4.78, 5) is 11.0. The molecule has 1 heterocycles. The highest BCUT2D eigenvalue weighted by Crippen LogP contribution is 2.00. The molecular weight excluding hydrogens is 194 g/mol. The highest BCUT2D eigenvalue weighted by Gasteiger charge is 2.02. The first-order chi connectivity index (χ1) is 7.24. The summed E-state index contributed by atoms with van der Waals surface area (Å²) in [5.74, 6) is -0.158. The molecule has 0 aliphatic carbocycles. The number of esters is 1. The Labute approximate surface area is 89.2 Å². The average molecular weight is 211 g/mol. The van der Waals surface area contributed by atoms with Gasteiger partial charge in [-0.15, -0.1) is 0 Å². The topological polar surface area (TPSA) is 67.0 Å². The third-order valence-corrected chi connectivity index (χ3v) is 2.06. The molecule has 0 saturated carbocycles. The quantitative estimate of drug-likeness (QED) is 0.538. The third-order valence-electron chi connectivity index (χ3n) is 2.06. The number of aromatic amines is 1. The standard InChI is InChI=1S/C10H17N3O2/c1-3-15-10(14)4-5-11-6-9-7-12-13-8(9)2/h7,11H,3-6H2,1-2H3,(H,12,13). The SMILES string of the molecule is CCOC(=O)CCNCc1cn[nH]c1C. The molecule has 0 aromatic carbocycles. The van der Waals surface area contributed by atoms with Crippen LogP contribution in [0.5, 0.6) is 0 Å². The maximum Gasteiger partial charge on any atom is 0.307 e. The first kappa shape index (κ1) is 11.7. The van der Waals surface area contributed by atoms with Crippen molar-refractivity contribution in [2.45, 2.75) is 26.8 Å². The maximum atomic E-state index is 11.0. The molecule has 0 radical (unpaired) electrons. The molecule has 5 heteroatoms. The van der Waals surface area contributed by atoms with Crippen LogP contribution in [0.4, 0.5) is 0 Å². The summed E-state index contributed by atoms with van der Waals surface area (Å²) in [6.07, 6.45) is 2.19. The Morgan fingerprint density at radius 3 is 3.07 bits per heavy atom. The molecule has 0 aliphatic rings. The van der Waals surface area contributed by atoms with E-state index < -0.39 is 0 Å². The van der Waals surface area contributed by atoms with E-state index in [1.54, 1.807) is 13.1 Å². The maximum absolute atomic E-state index is 11.0. The van der Waals surface area contributed by atoms with Crippen molar-refractivity contribution < 1.29 is 9.53 Å². The summed E-state index contributed by atoms with van der Waals surface area (Å²) in [5, 5.41) is 9.92. The number of aryl methyl sites for hydroxylation is 1. The zero-order valence-corrected chi connectivity index (χ0v) is 9.17. The highest BCUT2D eigenvalue weighted by molar-refractivity contribution is 5.69. The molecule has 2 N–H and O–H groups in total. The number of rotatable bonds is 6. The smallest absolute Gasteiger partial charge is 0.307 e. The Morgan fingerprint density at radius 2 is 2.47 bits per heavy atom. The molecular formula is C10H17N3O2. The van der Waals surface area contributed by atoms with Gasteiger partial charge >= 0.3 is 5.97 Å². The minimum Gasteiger partial charge on any atom is -0.466 e. The molecule has 0 atom stereocenters. The molecule has 0 amide bonds. The van der Waals surface area contributed by atoms with Crippen LogP contribution in [0.15, 0.2) is 6.20 Å². The first-order valence-electron chi connectivity index (χ1n) is 5.09. The normalized spacial score (nSPS) is 10.3. The van der Waals surface area contributed by atoms with Crippen LogP contribution in [0.25, 0.3) is 0 Å². The number of carbonyl (C=O) groups excluding carboxylic acids is 1. The van der Waals surface area contributed by atoms with Gasteiger partial charge in [0.1, 0.15) is 0 Å². The molecule has 0 aliphatic heterocycles. The number of H-pyrrole nitrogens is 1. The molecule has 0 saturated heterocycles. The van der Waals surface area contributed by atoms with Crippen molar-refractivity contribution >= 4 is 5.97 Å². The van der Waals surface area contributed by atoms with Crippen LogP contribution in [0.2, 0.25) is 0 Å². The lowest BCUT2D eigenvalue weighted by atomic mass is 10.2. The molecule has 1 aromatic rings. The Kier molecular flexibility index (Phi) is 4.83. The van der Waals surface area contributed by atoms with Crippen LogP contribution in [0, 0.1) is 6.92 Å². The van der Waals surface area contributed by atoms with Gasteiger partial charge in [-0.3, -0.25) is 9.89 Å².